The molecule has 11 heteroatoms. The first-order valence-corrected chi connectivity index (χ1v) is 11.5. The Morgan fingerprint density at radius 1 is 1.22 bits per heavy atom. The predicted octanol–water partition coefficient (Wildman–Crippen LogP) is 1.48. The Balaban J connectivity index is 1.65. The molecular formula is C16H18N2O6S3. The molecule has 0 saturated carbocycles. The second-order valence-corrected chi connectivity index (χ2v) is 9.25. The smallest absolute Gasteiger partial charge is 0.248 e. The van der Waals surface area contributed by atoms with Crippen LogP contribution in [0.25, 0.3) is 0 Å². The fourth-order valence-electron chi connectivity index (χ4n) is 2.29. The van der Waals surface area contributed by atoms with E-state index in [1.54, 1.807) is 6.20 Å². The molecule has 1 N–H and O–H groups in total. The van der Waals surface area contributed by atoms with Gasteiger partial charge in [-0.05, 0) is 22.9 Å². The number of pyridine rings is 1. The van der Waals surface area contributed by atoms with Gasteiger partial charge in [0, 0.05) is 31.2 Å². The lowest BCUT2D eigenvalue weighted by molar-refractivity contribution is -0.141. The number of ketones is 2. The number of rotatable bonds is 11. The molecule has 0 radical (unpaired) electrons. The highest BCUT2D eigenvalue weighted by molar-refractivity contribution is 8.76. The lowest BCUT2D eigenvalue weighted by atomic mass is 10.1. The topological polar surface area (TPSA) is 122 Å². The number of Topliss-reactive ketones (excluding diaryl/α,β-unsaturated/α-hetero) is 2. The molecule has 0 bridgehead atoms. The van der Waals surface area contributed by atoms with Crippen LogP contribution in [0.15, 0.2) is 29.4 Å². The van der Waals surface area contributed by atoms with E-state index < -0.39 is 40.5 Å². The minimum absolute atomic E-state index is 0.0409. The number of likely N-dealkylation sites (tertiary alicyclic amines) is 1. The summed E-state index contributed by atoms with van der Waals surface area (Å²) in [6, 6.07) is 5.57. The van der Waals surface area contributed by atoms with E-state index in [-0.39, 0.29) is 25.0 Å². The number of hydrogen-bond donors (Lipinski definition) is 1. The van der Waals surface area contributed by atoms with Gasteiger partial charge >= 0.3 is 0 Å². The van der Waals surface area contributed by atoms with E-state index in [9.17, 15) is 23.4 Å². The van der Waals surface area contributed by atoms with Crippen molar-refractivity contribution in [3.8, 4) is 0 Å². The molecule has 0 aromatic carbocycles. The van der Waals surface area contributed by atoms with E-state index >= 15 is 0 Å². The average Bonchev–Trinajstić information content (AvgIpc) is 2.93. The number of carbonyl (C=O) groups is 4. The van der Waals surface area contributed by atoms with Crippen molar-refractivity contribution in [1.29, 1.82) is 0 Å². The van der Waals surface area contributed by atoms with Crippen LogP contribution in [0.3, 0.4) is 0 Å². The number of carbonyl (C=O) groups excluding carboxylic acids is 4. The first kappa shape index (κ1) is 21.7. The highest BCUT2D eigenvalue weighted by Crippen LogP contribution is 2.29. The standard InChI is InChI=1S/C16H18N2O6S3/c19-11(6-8-25-26-14-3-1-2-7-17-14)4-5-12(20)10-18-15(21)9-13(16(18)22)27(23)24/h1-3,7,13H,4-6,8-10H2,(H,23,24). The van der Waals surface area contributed by atoms with Gasteiger partial charge < -0.3 is 4.55 Å². The summed E-state index contributed by atoms with van der Waals surface area (Å²) >= 11 is -2.44. The number of aromatic nitrogens is 1. The van der Waals surface area contributed by atoms with Crippen LogP contribution in [-0.2, 0) is 30.3 Å². The Labute approximate surface area is 166 Å². The van der Waals surface area contributed by atoms with Crippen LogP contribution >= 0.6 is 21.6 Å². The van der Waals surface area contributed by atoms with Gasteiger partial charge in [0.25, 0.3) is 0 Å². The third-order valence-electron chi connectivity index (χ3n) is 3.71. The van der Waals surface area contributed by atoms with Gasteiger partial charge in [0.1, 0.15) is 16.1 Å². The zero-order valence-electron chi connectivity index (χ0n) is 14.2. The van der Waals surface area contributed by atoms with Gasteiger partial charge in [0.2, 0.25) is 11.8 Å². The quantitative estimate of drug-likeness (QED) is 0.241. The molecule has 2 heterocycles. The van der Waals surface area contributed by atoms with Crippen LogP contribution in [0.1, 0.15) is 25.7 Å². The van der Waals surface area contributed by atoms with Crippen LogP contribution in [0.5, 0.6) is 0 Å². The largest absolute Gasteiger partial charge is 0.305 e. The molecular weight excluding hydrogens is 412 g/mol. The third kappa shape index (κ3) is 6.83. The molecule has 1 aromatic rings. The van der Waals surface area contributed by atoms with E-state index in [1.165, 1.54) is 21.6 Å². The molecule has 1 aromatic heterocycles. The fraction of sp³-hybridized carbons (Fsp3) is 0.438. The molecule has 1 saturated heterocycles. The molecule has 1 fully saturated rings. The SMILES string of the molecule is O=C(CCSSc1ccccn1)CCC(=O)CN1C(=O)CC(S(=O)O)C1=O. The van der Waals surface area contributed by atoms with Crippen molar-refractivity contribution in [3.05, 3.63) is 24.4 Å². The molecule has 2 atom stereocenters. The van der Waals surface area contributed by atoms with Crippen molar-refractivity contribution in [2.45, 2.75) is 36.0 Å². The first-order chi connectivity index (χ1) is 12.9. The minimum atomic E-state index is -2.44. The molecule has 146 valence electrons. The van der Waals surface area contributed by atoms with Crippen molar-refractivity contribution in [2.75, 3.05) is 12.3 Å². The highest BCUT2D eigenvalue weighted by Gasteiger charge is 2.42. The maximum atomic E-state index is 11.9. The van der Waals surface area contributed by atoms with E-state index in [0.29, 0.717) is 17.1 Å². The summed E-state index contributed by atoms with van der Waals surface area (Å²) in [5.41, 5.74) is 0. The third-order valence-corrected chi connectivity index (χ3v) is 6.83. The lowest BCUT2D eigenvalue weighted by Crippen LogP contribution is -2.37. The second kappa shape index (κ2) is 10.7. The Hall–Kier alpha value is -1.56. The summed E-state index contributed by atoms with van der Waals surface area (Å²) in [4.78, 5) is 52.2. The first-order valence-electron chi connectivity index (χ1n) is 8.06. The second-order valence-electron chi connectivity index (χ2n) is 5.69. The van der Waals surface area contributed by atoms with E-state index in [4.69, 9.17) is 4.55 Å². The van der Waals surface area contributed by atoms with Gasteiger partial charge in [-0.3, -0.25) is 24.1 Å². The lowest BCUT2D eigenvalue weighted by Gasteiger charge is -2.13. The van der Waals surface area contributed by atoms with Gasteiger partial charge in [-0.2, -0.15) is 0 Å². The van der Waals surface area contributed by atoms with Gasteiger partial charge in [0.15, 0.2) is 16.9 Å². The minimum Gasteiger partial charge on any atom is -0.305 e. The Bertz CT molecular complexity index is 743. The maximum absolute atomic E-state index is 11.9. The molecule has 1 aliphatic rings. The molecule has 1 aliphatic heterocycles. The molecule has 8 nitrogen and oxygen atoms in total. The van der Waals surface area contributed by atoms with Crippen molar-refractivity contribution < 1.29 is 27.9 Å². The van der Waals surface area contributed by atoms with Gasteiger partial charge in [-0.15, -0.1) is 0 Å². The van der Waals surface area contributed by atoms with Crippen LogP contribution in [0.2, 0.25) is 0 Å². The summed E-state index contributed by atoms with van der Waals surface area (Å²) in [5.74, 6) is -1.38. The van der Waals surface area contributed by atoms with Crippen molar-refractivity contribution in [3.63, 3.8) is 0 Å². The van der Waals surface area contributed by atoms with Crippen molar-refractivity contribution in [2.24, 2.45) is 0 Å². The summed E-state index contributed by atoms with van der Waals surface area (Å²) < 4.78 is 20.0. The predicted molar refractivity (Wildman–Crippen MR) is 102 cm³/mol. The summed E-state index contributed by atoms with van der Waals surface area (Å²) in [7, 11) is 2.97. The molecule has 2 unspecified atom stereocenters. The maximum Gasteiger partial charge on any atom is 0.248 e. The normalized spacial score (nSPS) is 18.0. The van der Waals surface area contributed by atoms with Gasteiger partial charge in [-0.1, -0.05) is 16.9 Å². The molecule has 2 amide bonds. The number of hydrogen-bond acceptors (Lipinski definition) is 8. The summed E-state index contributed by atoms with van der Waals surface area (Å²) in [6.07, 6.45) is 1.60. The number of imide groups is 1. The number of amides is 2. The number of nitrogens with zero attached hydrogens (tertiary/aromatic N) is 2. The van der Waals surface area contributed by atoms with E-state index in [0.717, 1.165) is 5.03 Å². The highest BCUT2D eigenvalue weighted by atomic mass is 33.1. The fourth-order valence-corrected chi connectivity index (χ4v) is 4.79. The van der Waals surface area contributed by atoms with Crippen LogP contribution in [0, 0.1) is 0 Å². The average molecular weight is 431 g/mol. The van der Waals surface area contributed by atoms with Crippen LogP contribution < -0.4 is 0 Å². The zero-order valence-corrected chi connectivity index (χ0v) is 16.7. The summed E-state index contributed by atoms with van der Waals surface area (Å²) in [6.45, 7) is -0.455. The molecule has 27 heavy (non-hydrogen) atoms. The molecule has 0 spiro atoms. The Kier molecular flexibility index (Phi) is 8.61. The Morgan fingerprint density at radius 3 is 2.59 bits per heavy atom. The van der Waals surface area contributed by atoms with Crippen molar-refractivity contribution >= 4 is 56.0 Å². The zero-order chi connectivity index (χ0) is 19.8. The Morgan fingerprint density at radius 2 is 1.96 bits per heavy atom. The molecule has 2 rings (SSSR count). The van der Waals surface area contributed by atoms with Crippen LogP contribution in [-0.4, -0.2) is 59.6 Å². The van der Waals surface area contributed by atoms with E-state index in [2.05, 4.69) is 4.98 Å². The van der Waals surface area contributed by atoms with Gasteiger partial charge in [0.05, 0.1) is 13.0 Å². The van der Waals surface area contributed by atoms with E-state index in [1.807, 2.05) is 18.2 Å². The van der Waals surface area contributed by atoms with Crippen LogP contribution in [0.4, 0.5) is 0 Å². The van der Waals surface area contributed by atoms with Crippen molar-refractivity contribution in [1.82, 2.24) is 9.88 Å². The monoisotopic (exact) mass is 430 g/mol. The summed E-state index contributed by atoms with van der Waals surface area (Å²) in [5, 5.41) is -0.451. The van der Waals surface area contributed by atoms with Gasteiger partial charge in [-0.25, -0.2) is 9.19 Å². The molecule has 0 aliphatic carbocycles.